The van der Waals surface area contributed by atoms with Crippen molar-refractivity contribution >= 4 is 77.7 Å². The van der Waals surface area contributed by atoms with Gasteiger partial charge in [0, 0.05) is 15.7 Å². The highest BCUT2D eigenvalue weighted by atomic mass is 32.1. The third-order valence-corrected chi connectivity index (χ3v) is 10.4. The van der Waals surface area contributed by atoms with E-state index in [1.54, 1.807) is 0 Å². The van der Waals surface area contributed by atoms with Gasteiger partial charge in [0.05, 0.1) is 0 Å². The van der Waals surface area contributed by atoms with Gasteiger partial charge >= 0.3 is 0 Å². The van der Waals surface area contributed by atoms with Crippen LogP contribution in [0.2, 0.25) is 0 Å². The Morgan fingerprint density at radius 2 is 0.667 bits per heavy atom. The molecule has 0 saturated heterocycles. The zero-order chi connectivity index (χ0) is 31.8. The fourth-order valence-corrected chi connectivity index (χ4v) is 8.40. The molecule has 1 heterocycles. The van der Waals surface area contributed by atoms with Gasteiger partial charge in [-0.1, -0.05) is 152 Å². The van der Waals surface area contributed by atoms with Crippen molar-refractivity contribution in [3.8, 4) is 33.4 Å². The lowest BCUT2D eigenvalue weighted by molar-refractivity contribution is 0.669. The SMILES string of the molecule is Sc1c2ccccc2c(-c2cccc3oc4cccc(-c5c6ccccc6c(-c6ccccc6)c6ccccc56)c4c23)c2ccccc12. The average Bonchev–Trinajstić information content (AvgIpc) is 3.54. The molecule has 0 aliphatic rings. The molecule has 0 amide bonds. The molecule has 1 aromatic heterocycles. The fraction of sp³-hybridized carbons (Fsp3) is 0. The highest BCUT2D eigenvalue weighted by molar-refractivity contribution is 7.80. The van der Waals surface area contributed by atoms with Crippen LogP contribution in [0.3, 0.4) is 0 Å². The summed E-state index contributed by atoms with van der Waals surface area (Å²) in [5.41, 5.74) is 9.01. The number of rotatable bonds is 3. The molecule has 9 aromatic carbocycles. The van der Waals surface area contributed by atoms with Crippen LogP contribution in [-0.4, -0.2) is 0 Å². The van der Waals surface area contributed by atoms with Crippen LogP contribution in [0.25, 0.3) is 98.4 Å². The molecule has 0 radical (unpaired) electrons. The summed E-state index contributed by atoms with van der Waals surface area (Å²) < 4.78 is 6.73. The Labute approximate surface area is 283 Å². The van der Waals surface area contributed by atoms with E-state index in [4.69, 9.17) is 17.0 Å². The summed E-state index contributed by atoms with van der Waals surface area (Å²) in [5.74, 6) is 0. The van der Waals surface area contributed by atoms with Gasteiger partial charge in [-0.25, -0.2) is 0 Å². The highest BCUT2D eigenvalue weighted by Gasteiger charge is 2.23. The first-order valence-electron chi connectivity index (χ1n) is 16.3. The molecule has 0 aliphatic heterocycles. The number of thiol groups is 1. The van der Waals surface area contributed by atoms with Gasteiger partial charge in [-0.2, -0.15) is 0 Å². The molecule has 0 spiro atoms. The molecular weight excluding hydrogens is 601 g/mol. The summed E-state index contributed by atoms with van der Waals surface area (Å²) in [6.45, 7) is 0. The number of furan rings is 1. The third kappa shape index (κ3) is 3.87. The number of hydrogen-bond acceptors (Lipinski definition) is 2. The van der Waals surface area contributed by atoms with Crippen LogP contribution >= 0.6 is 12.6 Å². The Kier molecular flexibility index (Phi) is 6.03. The van der Waals surface area contributed by atoms with Crippen molar-refractivity contribution in [1.82, 2.24) is 0 Å². The minimum Gasteiger partial charge on any atom is -0.456 e. The molecule has 0 unspecified atom stereocenters. The summed E-state index contributed by atoms with van der Waals surface area (Å²) in [5, 5.41) is 11.9. The molecule has 1 nitrogen and oxygen atoms in total. The van der Waals surface area contributed by atoms with Crippen LogP contribution in [0.1, 0.15) is 0 Å². The van der Waals surface area contributed by atoms with E-state index in [9.17, 15) is 0 Å². The van der Waals surface area contributed by atoms with Crippen LogP contribution in [-0.2, 0) is 0 Å². The van der Waals surface area contributed by atoms with Crippen LogP contribution in [0.15, 0.2) is 173 Å². The van der Waals surface area contributed by atoms with E-state index in [1.807, 2.05) is 0 Å². The van der Waals surface area contributed by atoms with Crippen molar-refractivity contribution in [3.05, 3.63) is 164 Å². The minimum absolute atomic E-state index is 0.882. The quantitative estimate of drug-likeness (QED) is 0.152. The molecule has 224 valence electrons. The van der Waals surface area contributed by atoms with Gasteiger partial charge < -0.3 is 4.42 Å². The molecule has 0 atom stereocenters. The van der Waals surface area contributed by atoms with Crippen molar-refractivity contribution in [2.75, 3.05) is 0 Å². The normalized spacial score (nSPS) is 11.9. The third-order valence-electron chi connectivity index (χ3n) is 9.96. The first-order chi connectivity index (χ1) is 23.8. The van der Waals surface area contributed by atoms with Gasteiger partial charge in [0.25, 0.3) is 0 Å². The second-order valence-electron chi connectivity index (χ2n) is 12.5. The summed E-state index contributed by atoms with van der Waals surface area (Å²) in [7, 11) is 0. The van der Waals surface area contributed by atoms with Crippen molar-refractivity contribution in [3.63, 3.8) is 0 Å². The first-order valence-corrected chi connectivity index (χ1v) is 16.8. The molecule has 10 rings (SSSR count). The van der Waals surface area contributed by atoms with Crippen molar-refractivity contribution in [2.45, 2.75) is 4.90 Å². The Morgan fingerprint density at radius 3 is 1.10 bits per heavy atom. The molecule has 0 fully saturated rings. The predicted octanol–water partition coefficient (Wildman–Crippen LogP) is 13.5. The van der Waals surface area contributed by atoms with Crippen LogP contribution in [0.4, 0.5) is 0 Å². The Bertz CT molecular complexity index is 2780. The molecule has 0 N–H and O–H groups in total. The Hall–Kier alpha value is -5.83. The van der Waals surface area contributed by atoms with Crippen molar-refractivity contribution < 1.29 is 4.42 Å². The van der Waals surface area contributed by atoms with Gasteiger partial charge in [-0.05, 0) is 88.6 Å². The van der Waals surface area contributed by atoms with Gasteiger partial charge in [-0.15, -0.1) is 12.6 Å². The highest BCUT2D eigenvalue weighted by Crippen LogP contribution is 2.50. The molecule has 2 heteroatoms. The zero-order valence-electron chi connectivity index (χ0n) is 25.9. The van der Waals surface area contributed by atoms with E-state index in [2.05, 4.69) is 164 Å². The van der Waals surface area contributed by atoms with E-state index >= 15 is 0 Å². The van der Waals surface area contributed by atoms with Crippen LogP contribution < -0.4 is 0 Å². The van der Waals surface area contributed by atoms with E-state index in [0.29, 0.717) is 0 Å². The Balaban J connectivity index is 1.39. The van der Waals surface area contributed by atoms with Gasteiger partial charge in [0.15, 0.2) is 0 Å². The summed E-state index contributed by atoms with van der Waals surface area (Å²) in [6.07, 6.45) is 0. The maximum atomic E-state index is 6.73. The number of fused-ring (bicyclic) bond motifs is 7. The lowest BCUT2D eigenvalue weighted by atomic mass is 9.84. The maximum Gasteiger partial charge on any atom is 0.136 e. The molecular formula is C46H28OS. The predicted molar refractivity (Wildman–Crippen MR) is 207 cm³/mol. The van der Waals surface area contributed by atoms with E-state index in [-0.39, 0.29) is 0 Å². The topological polar surface area (TPSA) is 13.1 Å². The first kappa shape index (κ1) is 27.3. The smallest absolute Gasteiger partial charge is 0.136 e. The molecule has 0 bridgehead atoms. The fourth-order valence-electron chi connectivity index (χ4n) is 8.01. The van der Waals surface area contributed by atoms with E-state index in [0.717, 1.165) is 43.2 Å². The second kappa shape index (κ2) is 10.6. The van der Waals surface area contributed by atoms with Crippen LogP contribution in [0, 0.1) is 0 Å². The second-order valence-corrected chi connectivity index (χ2v) is 12.9. The van der Waals surface area contributed by atoms with Gasteiger partial charge in [0.2, 0.25) is 0 Å². The number of benzene rings is 9. The zero-order valence-corrected chi connectivity index (χ0v) is 26.8. The monoisotopic (exact) mass is 628 g/mol. The lowest BCUT2D eigenvalue weighted by Crippen LogP contribution is -1.92. The number of hydrogen-bond donors (Lipinski definition) is 1. The summed E-state index contributed by atoms with van der Waals surface area (Å²) >= 11 is 5.04. The van der Waals surface area contributed by atoms with E-state index in [1.165, 1.54) is 60.1 Å². The molecule has 48 heavy (non-hydrogen) atoms. The minimum atomic E-state index is 0.882. The van der Waals surface area contributed by atoms with Crippen molar-refractivity contribution in [2.24, 2.45) is 0 Å². The van der Waals surface area contributed by atoms with Gasteiger partial charge in [0.1, 0.15) is 11.2 Å². The van der Waals surface area contributed by atoms with Crippen LogP contribution in [0.5, 0.6) is 0 Å². The summed E-state index contributed by atoms with van der Waals surface area (Å²) in [4.78, 5) is 1.01. The van der Waals surface area contributed by atoms with E-state index < -0.39 is 0 Å². The lowest BCUT2D eigenvalue weighted by Gasteiger charge is -2.19. The molecule has 0 aliphatic carbocycles. The summed E-state index contributed by atoms with van der Waals surface area (Å²) in [6, 6.07) is 58.7. The average molecular weight is 629 g/mol. The maximum absolute atomic E-state index is 6.73. The standard InChI is InChI=1S/C46H28OS/c48-46-35-22-10-8-20-33(35)43(34-21-9-11-23-36(34)46)38-25-13-27-40-45(38)44-37(24-12-26-39(44)47-40)42-31-18-6-4-16-29(31)41(28-14-2-1-3-15-28)30-17-5-7-19-32(30)42/h1-27,48H. The molecule has 0 saturated carbocycles. The van der Waals surface area contributed by atoms with Crippen molar-refractivity contribution in [1.29, 1.82) is 0 Å². The van der Waals surface area contributed by atoms with Gasteiger partial charge in [-0.3, -0.25) is 0 Å². The largest absolute Gasteiger partial charge is 0.456 e. The Morgan fingerprint density at radius 1 is 0.312 bits per heavy atom. The molecule has 10 aromatic rings.